The van der Waals surface area contributed by atoms with E-state index in [1.54, 1.807) is 0 Å². The Labute approximate surface area is 127 Å². The van der Waals surface area contributed by atoms with Gasteiger partial charge in [0.1, 0.15) is 6.10 Å². The highest BCUT2D eigenvalue weighted by molar-refractivity contribution is 5.77. The molecule has 0 saturated carbocycles. The number of morpholine rings is 1. The Hall–Kier alpha value is -1.39. The predicted octanol–water partition coefficient (Wildman–Crippen LogP) is 2.35. The molecule has 21 heavy (non-hydrogen) atoms. The van der Waals surface area contributed by atoms with Gasteiger partial charge >= 0.3 is 0 Å². The number of benzene rings is 1. The molecule has 0 bridgehead atoms. The van der Waals surface area contributed by atoms with Crippen LogP contribution in [0.3, 0.4) is 0 Å². The third-order valence-corrected chi connectivity index (χ3v) is 4.21. The molecule has 2 rings (SSSR count). The van der Waals surface area contributed by atoms with Crippen LogP contribution < -0.4 is 5.73 Å². The molecule has 1 aromatic rings. The fourth-order valence-electron chi connectivity index (χ4n) is 2.99. The van der Waals surface area contributed by atoms with E-state index in [1.165, 1.54) is 0 Å². The van der Waals surface area contributed by atoms with Crippen LogP contribution in [-0.2, 0) is 9.53 Å². The third-order valence-electron chi connectivity index (χ3n) is 4.21. The van der Waals surface area contributed by atoms with Gasteiger partial charge in [-0.3, -0.25) is 4.79 Å². The molecular formula is C17H26N2O2. The maximum Gasteiger partial charge on any atom is 0.223 e. The van der Waals surface area contributed by atoms with Gasteiger partial charge in [0.2, 0.25) is 5.91 Å². The van der Waals surface area contributed by atoms with Crippen molar-refractivity contribution in [1.82, 2.24) is 4.90 Å². The maximum atomic E-state index is 12.6. The van der Waals surface area contributed by atoms with E-state index < -0.39 is 0 Å². The summed E-state index contributed by atoms with van der Waals surface area (Å²) in [6, 6.07) is 10.3. The van der Waals surface area contributed by atoms with Crippen molar-refractivity contribution in [3.05, 3.63) is 35.9 Å². The van der Waals surface area contributed by atoms with Gasteiger partial charge in [-0.1, -0.05) is 37.3 Å². The predicted molar refractivity (Wildman–Crippen MR) is 83.7 cm³/mol. The van der Waals surface area contributed by atoms with Gasteiger partial charge in [-0.05, 0) is 31.9 Å². The molecule has 1 aliphatic rings. The average Bonchev–Trinajstić information content (AvgIpc) is 2.48. The minimum absolute atomic E-state index is 0.0358. The van der Waals surface area contributed by atoms with Gasteiger partial charge < -0.3 is 15.4 Å². The lowest BCUT2D eigenvalue weighted by molar-refractivity contribution is -0.154. The Bertz CT molecular complexity index is 463. The summed E-state index contributed by atoms with van der Waals surface area (Å²) in [6.45, 7) is 7.25. The Morgan fingerprint density at radius 1 is 1.38 bits per heavy atom. The first-order valence-corrected chi connectivity index (χ1v) is 7.72. The normalized spacial score (nSPS) is 27.4. The summed E-state index contributed by atoms with van der Waals surface area (Å²) in [4.78, 5) is 14.6. The van der Waals surface area contributed by atoms with Gasteiger partial charge in [-0.15, -0.1) is 0 Å². The van der Waals surface area contributed by atoms with Crippen molar-refractivity contribution >= 4 is 5.91 Å². The van der Waals surface area contributed by atoms with E-state index in [9.17, 15) is 4.79 Å². The van der Waals surface area contributed by atoms with Crippen LogP contribution in [0.4, 0.5) is 0 Å². The summed E-state index contributed by atoms with van der Waals surface area (Å²) in [6.07, 6.45) is 0.451. The Morgan fingerprint density at radius 2 is 2.05 bits per heavy atom. The largest absolute Gasteiger partial charge is 0.369 e. The van der Waals surface area contributed by atoms with Crippen molar-refractivity contribution in [3.63, 3.8) is 0 Å². The molecule has 2 N–H and O–H groups in total. The number of carbonyl (C=O) groups is 1. The second-order valence-electron chi connectivity index (χ2n) is 6.10. The van der Waals surface area contributed by atoms with E-state index in [0.29, 0.717) is 19.6 Å². The highest BCUT2D eigenvalue weighted by Crippen LogP contribution is 2.31. The molecule has 1 aliphatic heterocycles. The van der Waals surface area contributed by atoms with Gasteiger partial charge in [0.25, 0.3) is 0 Å². The van der Waals surface area contributed by atoms with Crippen molar-refractivity contribution in [1.29, 1.82) is 0 Å². The molecule has 0 aromatic heterocycles. The van der Waals surface area contributed by atoms with Crippen LogP contribution in [0, 0.1) is 5.92 Å². The van der Waals surface area contributed by atoms with Gasteiger partial charge in [0, 0.05) is 6.42 Å². The highest BCUT2D eigenvalue weighted by Gasteiger charge is 2.37. The summed E-state index contributed by atoms with van der Waals surface area (Å²) in [5, 5.41) is 0. The van der Waals surface area contributed by atoms with Crippen molar-refractivity contribution in [2.24, 2.45) is 11.7 Å². The molecule has 1 aromatic carbocycles. The summed E-state index contributed by atoms with van der Waals surface area (Å²) >= 11 is 0. The van der Waals surface area contributed by atoms with Gasteiger partial charge in [-0.25, -0.2) is 0 Å². The van der Waals surface area contributed by atoms with Crippen LogP contribution in [0.25, 0.3) is 0 Å². The molecule has 4 heteroatoms. The minimum Gasteiger partial charge on any atom is -0.369 e. The fourth-order valence-corrected chi connectivity index (χ4v) is 2.99. The molecule has 1 amide bonds. The second-order valence-corrected chi connectivity index (χ2v) is 6.10. The smallest absolute Gasteiger partial charge is 0.223 e. The first-order chi connectivity index (χ1) is 10.0. The number of hydrogen-bond donors (Lipinski definition) is 1. The van der Waals surface area contributed by atoms with Gasteiger partial charge in [0.05, 0.1) is 18.7 Å². The van der Waals surface area contributed by atoms with Crippen molar-refractivity contribution < 1.29 is 9.53 Å². The van der Waals surface area contributed by atoms with Crippen molar-refractivity contribution in [2.45, 2.75) is 45.4 Å². The zero-order valence-corrected chi connectivity index (χ0v) is 13.2. The van der Waals surface area contributed by atoms with Crippen LogP contribution in [0.1, 0.15) is 38.9 Å². The molecule has 1 saturated heterocycles. The molecule has 0 aliphatic carbocycles. The summed E-state index contributed by atoms with van der Waals surface area (Å²) in [5.41, 5.74) is 6.77. The quantitative estimate of drug-likeness (QED) is 0.926. The lowest BCUT2D eigenvalue weighted by Gasteiger charge is -2.44. The number of ether oxygens (including phenoxy) is 1. The number of amides is 1. The molecule has 116 valence electrons. The van der Waals surface area contributed by atoms with Crippen LogP contribution in [0.2, 0.25) is 0 Å². The van der Waals surface area contributed by atoms with Crippen LogP contribution >= 0.6 is 0 Å². The topological polar surface area (TPSA) is 55.6 Å². The standard InChI is InChI=1S/C17H26N2O2/c1-12(10-18)9-16(20)19-13(2)11-21-17(14(19)3)15-7-5-4-6-8-15/h4-8,12-14,17H,9-11,18H2,1-3H3/t12-,13+,14+,17+/m0/s1. The summed E-state index contributed by atoms with van der Waals surface area (Å²) < 4.78 is 5.98. The van der Waals surface area contributed by atoms with Crippen LogP contribution in [0.15, 0.2) is 30.3 Å². The summed E-state index contributed by atoms with van der Waals surface area (Å²) in [5.74, 6) is 0.395. The Balaban J connectivity index is 2.14. The van der Waals surface area contributed by atoms with Crippen LogP contribution in [-0.4, -0.2) is 36.0 Å². The number of rotatable bonds is 4. The number of carbonyl (C=O) groups excluding carboxylic acids is 1. The minimum atomic E-state index is -0.0560. The van der Waals surface area contributed by atoms with E-state index in [0.717, 1.165) is 5.56 Å². The lowest BCUT2D eigenvalue weighted by atomic mass is 9.97. The van der Waals surface area contributed by atoms with Crippen LogP contribution in [0.5, 0.6) is 0 Å². The number of nitrogens with zero attached hydrogens (tertiary/aromatic N) is 1. The number of hydrogen-bond acceptors (Lipinski definition) is 3. The van der Waals surface area contributed by atoms with Gasteiger partial charge in [0.15, 0.2) is 0 Å². The molecular weight excluding hydrogens is 264 g/mol. The Morgan fingerprint density at radius 3 is 2.67 bits per heavy atom. The fraction of sp³-hybridized carbons (Fsp3) is 0.588. The van der Waals surface area contributed by atoms with Gasteiger partial charge in [-0.2, -0.15) is 0 Å². The van der Waals surface area contributed by atoms with E-state index in [4.69, 9.17) is 10.5 Å². The van der Waals surface area contributed by atoms with E-state index in [2.05, 4.69) is 19.1 Å². The van der Waals surface area contributed by atoms with E-state index in [-0.39, 0.29) is 30.0 Å². The zero-order chi connectivity index (χ0) is 15.4. The molecule has 4 nitrogen and oxygen atoms in total. The Kier molecular flexibility index (Phi) is 5.37. The second kappa shape index (κ2) is 7.05. The molecule has 0 unspecified atom stereocenters. The third kappa shape index (κ3) is 3.63. The summed E-state index contributed by atoms with van der Waals surface area (Å²) in [7, 11) is 0. The lowest BCUT2D eigenvalue weighted by Crippen LogP contribution is -2.54. The zero-order valence-electron chi connectivity index (χ0n) is 13.2. The monoisotopic (exact) mass is 290 g/mol. The maximum absolute atomic E-state index is 12.6. The molecule has 1 fully saturated rings. The first-order valence-electron chi connectivity index (χ1n) is 7.72. The SMILES string of the molecule is C[C@H](CN)CC(=O)N1[C@H](C)CO[C@@H](c2ccccc2)[C@H]1C. The van der Waals surface area contributed by atoms with E-state index in [1.807, 2.05) is 36.9 Å². The molecule has 4 atom stereocenters. The highest BCUT2D eigenvalue weighted by atomic mass is 16.5. The molecule has 1 heterocycles. The van der Waals surface area contributed by atoms with E-state index >= 15 is 0 Å². The molecule has 0 spiro atoms. The van der Waals surface area contributed by atoms with Crippen molar-refractivity contribution in [3.8, 4) is 0 Å². The van der Waals surface area contributed by atoms with Crippen molar-refractivity contribution in [2.75, 3.05) is 13.2 Å². The average molecular weight is 290 g/mol. The first kappa shape index (κ1) is 16.0. The number of nitrogens with two attached hydrogens (primary N) is 1. The molecule has 0 radical (unpaired) electrons.